The highest BCUT2D eigenvalue weighted by molar-refractivity contribution is 9.10. The summed E-state index contributed by atoms with van der Waals surface area (Å²) in [6.07, 6.45) is 0. The van der Waals surface area contributed by atoms with E-state index < -0.39 is 28.8 Å². The van der Waals surface area contributed by atoms with E-state index in [-0.39, 0.29) is 10.8 Å². The van der Waals surface area contributed by atoms with Gasteiger partial charge in [0.25, 0.3) is 0 Å². The van der Waals surface area contributed by atoms with Gasteiger partial charge in [0, 0.05) is 15.6 Å². The molecule has 2 rings (SSSR count). The van der Waals surface area contributed by atoms with Crippen LogP contribution >= 0.6 is 28.1 Å². The molecule has 0 saturated heterocycles. The molecule has 3 nitrogen and oxygen atoms in total. The van der Waals surface area contributed by atoms with Gasteiger partial charge in [-0.25, -0.2) is 17.6 Å². The molecular weight excluding hydrogens is 398 g/mol. The summed E-state index contributed by atoms with van der Waals surface area (Å²) in [5, 5.41) is 3.53. The zero-order valence-corrected chi connectivity index (χ0v) is 13.6. The van der Waals surface area contributed by atoms with E-state index in [2.05, 4.69) is 38.7 Å². The van der Waals surface area contributed by atoms with Gasteiger partial charge in [-0.3, -0.25) is 5.43 Å². The number of hydrazone groups is 1. The summed E-state index contributed by atoms with van der Waals surface area (Å²) in [7, 11) is 0. The second kappa shape index (κ2) is 7.05. The maximum absolute atomic E-state index is 14.0. The van der Waals surface area contributed by atoms with Gasteiger partial charge in [-0.15, -0.1) is 0 Å². The van der Waals surface area contributed by atoms with E-state index in [1.54, 1.807) is 12.1 Å². The normalized spacial score (nSPS) is 11.4. The van der Waals surface area contributed by atoms with Crippen LogP contribution in [0.1, 0.15) is 11.1 Å². The van der Waals surface area contributed by atoms with Crippen molar-refractivity contribution in [2.24, 2.45) is 10.8 Å². The predicted molar refractivity (Wildman–Crippen MR) is 86.0 cm³/mol. The highest BCUT2D eigenvalue weighted by Crippen LogP contribution is 2.23. The molecule has 0 aliphatic rings. The third-order valence-corrected chi connectivity index (χ3v) is 3.32. The quantitative estimate of drug-likeness (QED) is 0.205. The SMILES string of the molecule is NC(=S)N/N=C(/c1cccc(Br)c1)c1cc(F)c(F)c(F)c1F. The molecule has 0 heterocycles. The van der Waals surface area contributed by atoms with Crippen LogP contribution in [0.5, 0.6) is 0 Å². The Kier molecular flexibility index (Phi) is 5.32. The molecule has 2 aromatic carbocycles. The maximum Gasteiger partial charge on any atom is 0.198 e. The third kappa shape index (κ3) is 3.85. The molecule has 0 spiro atoms. The zero-order valence-electron chi connectivity index (χ0n) is 11.2. The topological polar surface area (TPSA) is 50.4 Å². The van der Waals surface area contributed by atoms with Gasteiger partial charge in [0.05, 0.1) is 0 Å². The second-order valence-corrected chi connectivity index (χ2v) is 5.65. The molecule has 0 fully saturated rings. The zero-order chi connectivity index (χ0) is 17.1. The van der Waals surface area contributed by atoms with Gasteiger partial charge in [0.15, 0.2) is 28.4 Å². The molecule has 0 atom stereocenters. The lowest BCUT2D eigenvalue weighted by molar-refractivity contribution is 0.408. The van der Waals surface area contributed by atoms with Crippen LogP contribution in [-0.4, -0.2) is 10.8 Å². The van der Waals surface area contributed by atoms with E-state index in [1.807, 2.05) is 0 Å². The fourth-order valence-electron chi connectivity index (χ4n) is 1.77. The Balaban J connectivity index is 2.69. The number of rotatable bonds is 3. The van der Waals surface area contributed by atoms with Crippen LogP contribution in [0.15, 0.2) is 39.9 Å². The van der Waals surface area contributed by atoms with Gasteiger partial charge in [0.1, 0.15) is 5.71 Å². The summed E-state index contributed by atoms with van der Waals surface area (Å²) in [4.78, 5) is 0. The number of nitrogens with two attached hydrogens (primary N) is 1. The smallest absolute Gasteiger partial charge is 0.198 e. The van der Waals surface area contributed by atoms with E-state index in [9.17, 15) is 17.6 Å². The molecule has 23 heavy (non-hydrogen) atoms. The van der Waals surface area contributed by atoms with Gasteiger partial charge in [0.2, 0.25) is 0 Å². The Morgan fingerprint density at radius 1 is 1.09 bits per heavy atom. The van der Waals surface area contributed by atoms with Crippen molar-refractivity contribution in [3.05, 3.63) is 69.2 Å². The molecule has 9 heteroatoms. The second-order valence-electron chi connectivity index (χ2n) is 4.29. The highest BCUT2D eigenvalue weighted by atomic mass is 79.9. The van der Waals surface area contributed by atoms with E-state index in [0.717, 1.165) is 0 Å². The Morgan fingerprint density at radius 3 is 2.39 bits per heavy atom. The van der Waals surface area contributed by atoms with Crippen molar-refractivity contribution in [3.63, 3.8) is 0 Å². The first-order chi connectivity index (χ1) is 10.8. The summed E-state index contributed by atoms with van der Waals surface area (Å²) < 4.78 is 54.7. The molecule has 0 amide bonds. The lowest BCUT2D eigenvalue weighted by Gasteiger charge is -2.11. The minimum atomic E-state index is -1.93. The molecule has 0 saturated carbocycles. The number of halogens is 5. The van der Waals surface area contributed by atoms with Crippen LogP contribution in [0.2, 0.25) is 0 Å². The van der Waals surface area contributed by atoms with Crippen molar-refractivity contribution >= 4 is 39.0 Å². The molecule has 0 unspecified atom stereocenters. The lowest BCUT2D eigenvalue weighted by Crippen LogP contribution is -2.26. The Morgan fingerprint density at radius 2 is 1.78 bits per heavy atom. The van der Waals surface area contributed by atoms with Crippen LogP contribution in [0.4, 0.5) is 17.6 Å². The van der Waals surface area contributed by atoms with Gasteiger partial charge in [-0.1, -0.05) is 28.1 Å². The monoisotopic (exact) mass is 405 g/mol. The standard InChI is InChI=1S/C14H8BrF4N3S/c15-7-3-1-2-6(4-7)13(21-22-14(20)23)8-5-9(16)11(18)12(19)10(8)17/h1-5H,(H3,20,22,23)/b21-13-. The Bertz CT molecular complexity index is 811. The number of benzene rings is 2. The number of nitrogens with one attached hydrogen (secondary N) is 1. The van der Waals surface area contributed by atoms with Crippen LogP contribution < -0.4 is 11.2 Å². The number of nitrogens with zero attached hydrogens (tertiary/aromatic N) is 1. The Hall–Kier alpha value is -2.00. The van der Waals surface area contributed by atoms with E-state index in [0.29, 0.717) is 16.1 Å². The fraction of sp³-hybridized carbons (Fsp3) is 0. The van der Waals surface area contributed by atoms with Gasteiger partial charge in [-0.2, -0.15) is 5.10 Å². The highest BCUT2D eigenvalue weighted by Gasteiger charge is 2.23. The van der Waals surface area contributed by atoms with Crippen molar-refractivity contribution in [1.29, 1.82) is 0 Å². The van der Waals surface area contributed by atoms with Crippen molar-refractivity contribution in [2.75, 3.05) is 0 Å². The average molecular weight is 406 g/mol. The van der Waals surface area contributed by atoms with Crippen LogP contribution in [0.25, 0.3) is 0 Å². The van der Waals surface area contributed by atoms with Crippen LogP contribution in [0, 0.1) is 23.3 Å². The number of thiocarbonyl (C=S) groups is 1. The summed E-state index contributed by atoms with van der Waals surface area (Å²) in [6, 6.07) is 6.84. The largest absolute Gasteiger partial charge is 0.375 e. The molecule has 0 aliphatic carbocycles. The van der Waals surface area contributed by atoms with Gasteiger partial charge in [-0.05, 0) is 30.4 Å². The van der Waals surface area contributed by atoms with E-state index in [4.69, 9.17) is 5.73 Å². The van der Waals surface area contributed by atoms with Crippen molar-refractivity contribution in [1.82, 2.24) is 5.43 Å². The maximum atomic E-state index is 14.0. The summed E-state index contributed by atoms with van der Waals surface area (Å²) in [5.41, 5.74) is 6.99. The first kappa shape index (κ1) is 17.4. The minimum Gasteiger partial charge on any atom is -0.375 e. The molecule has 0 aliphatic heterocycles. The summed E-state index contributed by atoms with van der Waals surface area (Å²) >= 11 is 7.81. The molecule has 120 valence electrons. The predicted octanol–water partition coefficient (Wildman–Crippen LogP) is 3.59. The van der Waals surface area contributed by atoms with E-state index in [1.165, 1.54) is 12.1 Å². The molecule has 0 bridgehead atoms. The number of hydrogen-bond acceptors (Lipinski definition) is 2. The lowest BCUT2D eigenvalue weighted by atomic mass is 10.0. The first-order valence-electron chi connectivity index (χ1n) is 6.03. The third-order valence-electron chi connectivity index (χ3n) is 2.73. The summed E-state index contributed by atoms with van der Waals surface area (Å²) in [6.45, 7) is 0. The first-order valence-corrected chi connectivity index (χ1v) is 7.23. The van der Waals surface area contributed by atoms with Gasteiger partial charge >= 0.3 is 0 Å². The fourth-order valence-corrected chi connectivity index (χ4v) is 2.22. The summed E-state index contributed by atoms with van der Waals surface area (Å²) in [5.74, 6) is -6.95. The number of hydrogen-bond donors (Lipinski definition) is 2. The van der Waals surface area contributed by atoms with Crippen molar-refractivity contribution in [2.45, 2.75) is 0 Å². The average Bonchev–Trinajstić information content (AvgIpc) is 2.50. The molecule has 3 N–H and O–H groups in total. The molecule has 2 aromatic rings. The molecule has 0 radical (unpaired) electrons. The van der Waals surface area contributed by atoms with E-state index >= 15 is 0 Å². The van der Waals surface area contributed by atoms with Crippen LogP contribution in [-0.2, 0) is 0 Å². The molecule has 0 aromatic heterocycles. The van der Waals surface area contributed by atoms with Crippen molar-refractivity contribution < 1.29 is 17.6 Å². The van der Waals surface area contributed by atoms with Crippen LogP contribution in [0.3, 0.4) is 0 Å². The van der Waals surface area contributed by atoms with Gasteiger partial charge < -0.3 is 5.73 Å². The van der Waals surface area contributed by atoms with Crippen molar-refractivity contribution in [3.8, 4) is 0 Å². The Labute approximate surface area is 142 Å². The minimum absolute atomic E-state index is 0.200. The molecular formula is C14H8BrF4N3S.